The van der Waals surface area contributed by atoms with E-state index >= 15 is 0 Å². The Balaban J connectivity index is 1.78. The molecule has 0 amide bonds. The van der Waals surface area contributed by atoms with Gasteiger partial charge in [0, 0.05) is 18.0 Å². The Morgan fingerprint density at radius 2 is 2.05 bits per heavy atom. The molecule has 2 fully saturated rings. The zero-order valence-corrected chi connectivity index (χ0v) is 10.8. The summed E-state index contributed by atoms with van der Waals surface area (Å²) in [6.07, 6.45) is 5.44. The van der Waals surface area contributed by atoms with Gasteiger partial charge in [0.1, 0.15) is 17.5 Å². The van der Waals surface area contributed by atoms with Gasteiger partial charge in [-0.1, -0.05) is 12.5 Å². The monoisotopic (exact) mass is 255 g/mol. The lowest BCUT2D eigenvalue weighted by molar-refractivity contribution is 0.0820. The van der Waals surface area contributed by atoms with E-state index in [1.54, 1.807) is 18.2 Å². The molecule has 2 unspecified atom stereocenters. The highest BCUT2D eigenvalue weighted by molar-refractivity contribution is 5.96. The molecule has 1 N–H and O–H groups in total. The van der Waals surface area contributed by atoms with Crippen LogP contribution < -0.4 is 5.32 Å². The number of rotatable bonds is 2. The van der Waals surface area contributed by atoms with Crippen molar-refractivity contribution in [3.8, 4) is 6.07 Å². The highest BCUT2D eigenvalue weighted by atomic mass is 16.1. The summed E-state index contributed by atoms with van der Waals surface area (Å²) in [6, 6.07) is 8.06. The Morgan fingerprint density at radius 1 is 1.32 bits per heavy atom. The van der Waals surface area contributed by atoms with E-state index in [-0.39, 0.29) is 11.7 Å². The maximum absolute atomic E-state index is 12.5. The van der Waals surface area contributed by atoms with Crippen LogP contribution in [0.25, 0.3) is 0 Å². The van der Waals surface area contributed by atoms with Crippen LogP contribution in [0.1, 0.15) is 48.3 Å². The minimum Gasteiger partial charge on any atom is -0.311 e. The molecular formula is C15H17N3O. The minimum absolute atomic E-state index is 0.0676. The SMILES string of the molecule is N#Cc1cccc(C(=O)C2CC3CCCC(C2)N3)n1. The fraction of sp³-hybridized carbons (Fsp3) is 0.533. The number of nitrogens with one attached hydrogen (secondary N) is 1. The van der Waals surface area contributed by atoms with Gasteiger partial charge in [-0.05, 0) is 37.8 Å². The smallest absolute Gasteiger partial charge is 0.184 e. The largest absolute Gasteiger partial charge is 0.311 e. The number of Topliss-reactive ketones (excluding diaryl/α,β-unsaturated/α-hetero) is 1. The first-order valence-corrected chi connectivity index (χ1v) is 6.93. The maximum atomic E-state index is 12.5. The van der Waals surface area contributed by atoms with Crippen LogP contribution in [0.5, 0.6) is 0 Å². The average molecular weight is 255 g/mol. The quantitative estimate of drug-likeness (QED) is 0.821. The molecule has 4 heteroatoms. The third kappa shape index (κ3) is 2.52. The number of fused-ring (bicyclic) bond motifs is 2. The van der Waals surface area contributed by atoms with Gasteiger partial charge < -0.3 is 5.32 Å². The van der Waals surface area contributed by atoms with Crippen LogP contribution in [0.3, 0.4) is 0 Å². The molecule has 0 radical (unpaired) electrons. The van der Waals surface area contributed by atoms with Gasteiger partial charge in [-0.3, -0.25) is 4.79 Å². The Bertz CT molecular complexity index is 522. The van der Waals surface area contributed by atoms with Crippen molar-refractivity contribution < 1.29 is 4.79 Å². The standard InChI is InChI=1S/C15H17N3O/c16-9-13-5-2-6-14(18-13)15(19)10-7-11-3-1-4-12(8-10)17-11/h2,5-6,10-12,17H,1,3-4,7-8H2. The Labute approximate surface area is 112 Å². The van der Waals surface area contributed by atoms with Crippen molar-refractivity contribution in [1.29, 1.82) is 5.26 Å². The van der Waals surface area contributed by atoms with E-state index < -0.39 is 0 Å². The Morgan fingerprint density at radius 3 is 2.74 bits per heavy atom. The predicted molar refractivity (Wildman–Crippen MR) is 70.6 cm³/mol. The van der Waals surface area contributed by atoms with E-state index in [1.165, 1.54) is 19.3 Å². The van der Waals surface area contributed by atoms with Gasteiger partial charge in [-0.2, -0.15) is 5.26 Å². The number of hydrogen-bond acceptors (Lipinski definition) is 4. The zero-order chi connectivity index (χ0) is 13.2. The number of ketones is 1. The van der Waals surface area contributed by atoms with Gasteiger partial charge in [0.25, 0.3) is 0 Å². The first-order chi connectivity index (χ1) is 9.26. The third-order valence-corrected chi connectivity index (χ3v) is 4.20. The van der Waals surface area contributed by atoms with Crippen molar-refractivity contribution >= 4 is 5.78 Å². The molecule has 19 heavy (non-hydrogen) atoms. The topological polar surface area (TPSA) is 65.8 Å². The second kappa shape index (κ2) is 5.10. The summed E-state index contributed by atoms with van der Waals surface area (Å²) in [5, 5.41) is 12.4. The number of nitrogens with zero attached hydrogens (tertiary/aromatic N) is 2. The van der Waals surface area contributed by atoms with Crippen LogP contribution >= 0.6 is 0 Å². The molecule has 2 atom stereocenters. The van der Waals surface area contributed by atoms with Crippen LogP contribution in [0.4, 0.5) is 0 Å². The summed E-state index contributed by atoms with van der Waals surface area (Å²) in [4.78, 5) is 16.6. The van der Waals surface area contributed by atoms with E-state index in [1.807, 2.05) is 6.07 Å². The van der Waals surface area contributed by atoms with Crippen LogP contribution in [-0.4, -0.2) is 22.9 Å². The molecular weight excluding hydrogens is 238 g/mol. The van der Waals surface area contributed by atoms with Crippen molar-refractivity contribution in [1.82, 2.24) is 10.3 Å². The molecule has 1 aromatic rings. The molecule has 2 aliphatic heterocycles. The van der Waals surface area contributed by atoms with Crippen LogP contribution in [0.15, 0.2) is 18.2 Å². The van der Waals surface area contributed by atoms with Crippen LogP contribution in [0.2, 0.25) is 0 Å². The third-order valence-electron chi connectivity index (χ3n) is 4.20. The lowest BCUT2D eigenvalue weighted by Crippen LogP contribution is -2.50. The van der Waals surface area contributed by atoms with E-state index in [9.17, 15) is 4.79 Å². The van der Waals surface area contributed by atoms with Crippen molar-refractivity contribution in [2.45, 2.75) is 44.2 Å². The molecule has 2 aliphatic rings. The number of pyridine rings is 1. The Kier molecular flexibility index (Phi) is 3.31. The van der Waals surface area contributed by atoms with Gasteiger partial charge in [0.2, 0.25) is 0 Å². The highest BCUT2D eigenvalue weighted by Crippen LogP contribution is 2.31. The summed E-state index contributed by atoms with van der Waals surface area (Å²) in [5.41, 5.74) is 0.768. The number of nitriles is 1. The second-order valence-electron chi connectivity index (χ2n) is 5.54. The number of piperidine rings is 2. The molecule has 0 aromatic carbocycles. The minimum atomic E-state index is 0.0676. The van der Waals surface area contributed by atoms with Crippen molar-refractivity contribution in [3.63, 3.8) is 0 Å². The normalized spacial score (nSPS) is 29.5. The first-order valence-electron chi connectivity index (χ1n) is 6.93. The number of carbonyl (C=O) groups excluding carboxylic acids is 1. The highest BCUT2D eigenvalue weighted by Gasteiger charge is 2.35. The number of carbonyl (C=O) groups is 1. The maximum Gasteiger partial charge on any atom is 0.184 e. The molecule has 2 saturated heterocycles. The molecule has 4 nitrogen and oxygen atoms in total. The van der Waals surface area contributed by atoms with Gasteiger partial charge in [-0.15, -0.1) is 0 Å². The molecule has 0 saturated carbocycles. The van der Waals surface area contributed by atoms with Crippen LogP contribution in [0, 0.1) is 17.2 Å². The van der Waals surface area contributed by atoms with Crippen molar-refractivity contribution in [2.75, 3.05) is 0 Å². The lowest BCUT2D eigenvalue weighted by Gasteiger charge is -2.39. The molecule has 0 aliphatic carbocycles. The number of aromatic nitrogens is 1. The summed E-state index contributed by atoms with van der Waals surface area (Å²) in [5.74, 6) is 0.175. The molecule has 98 valence electrons. The summed E-state index contributed by atoms with van der Waals surface area (Å²) in [7, 11) is 0. The fourth-order valence-electron chi connectivity index (χ4n) is 3.32. The van der Waals surface area contributed by atoms with Gasteiger partial charge in [-0.25, -0.2) is 4.98 Å². The lowest BCUT2D eigenvalue weighted by atomic mass is 9.78. The van der Waals surface area contributed by atoms with E-state index in [2.05, 4.69) is 10.3 Å². The van der Waals surface area contributed by atoms with E-state index in [4.69, 9.17) is 5.26 Å². The summed E-state index contributed by atoms with van der Waals surface area (Å²) >= 11 is 0. The molecule has 3 heterocycles. The fourth-order valence-corrected chi connectivity index (χ4v) is 3.32. The molecule has 0 spiro atoms. The molecule has 2 bridgehead atoms. The van der Waals surface area contributed by atoms with Gasteiger partial charge >= 0.3 is 0 Å². The number of hydrogen-bond donors (Lipinski definition) is 1. The van der Waals surface area contributed by atoms with Crippen molar-refractivity contribution in [2.24, 2.45) is 5.92 Å². The van der Waals surface area contributed by atoms with Crippen molar-refractivity contribution in [3.05, 3.63) is 29.6 Å². The first kappa shape index (κ1) is 12.3. The Hall–Kier alpha value is -1.73. The summed E-state index contributed by atoms with van der Waals surface area (Å²) in [6.45, 7) is 0. The predicted octanol–water partition coefficient (Wildman–Crippen LogP) is 2.06. The van der Waals surface area contributed by atoms with E-state index in [0.29, 0.717) is 23.5 Å². The van der Waals surface area contributed by atoms with Crippen LogP contribution in [-0.2, 0) is 0 Å². The average Bonchev–Trinajstić information content (AvgIpc) is 2.46. The second-order valence-corrected chi connectivity index (χ2v) is 5.54. The molecule has 3 rings (SSSR count). The van der Waals surface area contributed by atoms with Gasteiger partial charge in [0.05, 0.1) is 0 Å². The van der Waals surface area contributed by atoms with Gasteiger partial charge in [0.15, 0.2) is 5.78 Å². The molecule has 1 aromatic heterocycles. The summed E-state index contributed by atoms with van der Waals surface area (Å²) < 4.78 is 0. The van der Waals surface area contributed by atoms with E-state index in [0.717, 1.165) is 12.8 Å². The zero-order valence-electron chi connectivity index (χ0n) is 10.8.